The number of nitrogens with zero attached hydrogens (tertiary/aromatic N) is 2. The molecule has 0 saturated carbocycles. The van der Waals surface area contributed by atoms with Crippen molar-refractivity contribution >= 4 is 17.7 Å². The molecule has 0 bridgehead atoms. The first-order valence-corrected chi connectivity index (χ1v) is 9.27. The van der Waals surface area contributed by atoms with Crippen LogP contribution < -0.4 is 5.32 Å². The van der Waals surface area contributed by atoms with Crippen molar-refractivity contribution in [2.45, 2.75) is 69.9 Å². The van der Waals surface area contributed by atoms with E-state index in [-0.39, 0.29) is 22.1 Å². The largest absolute Gasteiger partial charge is 0.411 e. The highest BCUT2D eigenvalue weighted by Gasteiger charge is 2.22. The van der Waals surface area contributed by atoms with E-state index in [2.05, 4.69) is 48.4 Å². The minimum absolute atomic E-state index is 0.0493. The number of nitrogens with one attached hydrogen (secondary N) is 1. The molecule has 0 saturated heterocycles. The third-order valence-electron chi connectivity index (χ3n) is 3.55. The summed E-state index contributed by atoms with van der Waals surface area (Å²) >= 11 is 1.26. The number of benzene rings is 1. The molecule has 0 unspecified atom stereocenters. The summed E-state index contributed by atoms with van der Waals surface area (Å²) in [6.07, 6.45) is 0. The molecule has 0 aliphatic carbocycles. The van der Waals surface area contributed by atoms with E-state index in [0.717, 1.165) is 5.56 Å². The molecule has 1 N–H and O–H groups in total. The lowest BCUT2D eigenvalue weighted by Gasteiger charge is -2.22. The fourth-order valence-corrected chi connectivity index (χ4v) is 2.85. The lowest BCUT2D eigenvalue weighted by Crippen LogP contribution is -2.44. The van der Waals surface area contributed by atoms with Crippen molar-refractivity contribution in [3.63, 3.8) is 0 Å². The van der Waals surface area contributed by atoms with Crippen molar-refractivity contribution in [3.8, 4) is 11.5 Å². The van der Waals surface area contributed by atoms with Gasteiger partial charge in [-0.05, 0) is 50.8 Å². The van der Waals surface area contributed by atoms with Crippen LogP contribution in [0.2, 0.25) is 0 Å². The van der Waals surface area contributed by atoms with Gasteiger partial charge in [0.15, 0.2) is 0 Å². The van der Waals surface area contributed by atoms with Crippen LogP contribution in [0, 0.1) is 0 Å². The third-order valence-corrected chi connectivity index (χ3v) is 4.48. The van der Waals surface area contributed by atoms with Crippen LogP contribution >= 0.6 is 11.8 Å². The van der Waals surface area contributed by atoms with Gasteiger partial charge in [0.25, 0.3) is 5.22 Å². The molecule has 0 aliphatic heterocycles. The van der Waals surface area contributed by atoms with E-state index >= 15 is 0 Å². The zero-order chi connectivity index (χ0) is 18.8. The number of hydrogen-bond acceptors (Lipinski definition) is 5. The molecular formula is C19H27N3O2S. The topological polar surface area (TPSA) is 68.0 Å². The number of carbonyl (C=O) groups is 1. The fraction of sp³-hybridized carbons (Fsp3) is 0.526. The zero-order valence-corrected chi connectivity index (χ0v) is 16.8. The lowest BCUT2D eigenvalue weighted by atomic mass is 9.87. The Morgan fingerprint density at radius 2 is 1.68 bits per heavy atom. The molecule has 2 aromatic rings. The Kier molecular flexibility index (Phi) is 5.62. The van der Waals surface area contributed by atoms with Gasteiger partial charge in [-0.15, -0.1) is 10.2 Å². The van der Waals surface area contributed by atoms with Crippen LogP contribution in [0.3, 0.4) is 0 Å². The van der Waals surface area contributed by atoms with Gasteiger partial charge in [0.2, 0.25) is 11.8 Å². The predicted octanol–water partition coefficient (Wildman–Crippen LogP) is 4.43. The summed E-state index contributed by atoms with van der Waals surface area (Å²) in [4.78, 5) is 12.1. The van der Waals surface area contributed by atoms with Crippen molar-refractivity contribution in [2.75, 3.05) is 0 Å². The maximum absolute atomic E-state index is 12.1. The molecule has 136 valence electrons. The summed E-state index contributed by atoms with van der Waals surface area (Å²) in [5.74, 6) is 0.415. The van der Waals surface area contributed by atoms with Crippen LogP contribution in [0.25, 0.3) is 11.5 Å². The maximum Gasteiger partial charge on any atom is 0.277 e. The predicted molar refractivity (Wildman–Crippen MR) is 102 cm³/mol. The zero-order valence-electron chi connectivity index (χ0n) is 16.0. The molecule has 1 aromatic heterocycles. The fourth-order valence-electron chi connectivity index (χ4n) is 2.16. The number of rotatable bonds is 4. The number of hydrogen-bond donors (Lipinski definition) is 1. The smallest absolute Gasteiger partial charge is 0.277 e. The van der Waals surface area contributed by atoms with Gasteiger partial charge in [-0.1, -0.05) is 44.7 Å². The molecule has 1 heterocycles. The van der Waals surface area contributed by atoms with E-state index in [1.807, 2.05) is 39.8 Å². The quantitative estimate of drug-likeness (QED) is 0.816. The van der Waals surface area contributed by atoms with Crippen LogP contribution in [0.5, 0.6) is 0 Å². The minimum Gasteiger partial charge on any atom is -0.411 e. The lowest BCUT2D eigenvalue weighted by molar-refractivity contribution is -0.121. The summed E-state index contributed by atoms with van der Waals surface area (Å²) in [5.41, 5.74) is 1.96. The average Bonchev–Trinajstić information content (AvgIpc) is 2.93. The van der Waals surface area contributed by atoms with E-state index in [9.17, 15) is 4.79 Å². The Hall–Kier alpha value is -1.82. The summed E-state index contributed by atoms with van der Waals surface area (Å²) in [7, 11) is 0. The minimum atomic E-state index is -0.309. The Bertz CT molecular complexity index is 724. The average molecular weight is 362 g/mol. The van der Waals surface area contributed by atoms with Crippen LogP contribution in [-0.4, -0.2) is 26.9 Å². The molecular weight excluding hydrogens is 334 g/mol. The molecule has 5 nitrogen and oxygen atoms in total. The highest BCUT2D eigenvalue weighted by Crippen LogP contribution is 2.28. The first-order valence-electron chi connectivity index (χ1n) is 8.39. The molecule has 0 radical (unpaired) electrons. The first-order chi connectivity index (χ1) is 11.5. The van der Waals surface area contributed by atoms with Crippen molar-refractivity contribution in [1.82, 2.24) is 15.5 Å². The number of thioether (sulfide) groups is 1. The van der Waals surface area contributed by atoms with Crippen LogP contribution in [0.1, 0.15) is 54.0 Å². The second kappa shape index (κ2) is 7.20. The Labute approximate surface area is 154 Å². The Morgan fingerprint density at radius 3 is 2.20 bits per heavy atom. The maximum atomic E-state index is 12.1. The number of carbonyl (C=O) groups excluding carboxylic acids is 1. The number of aromatic nitrogens is 2. The second-order valence-electron chi connectivity index (χ2n) is 8.20. The van der Waals surface area contributed by atoms with Gasteiger partial charge in [0.1, 0.15) is 0 Å². The van der Waals surface area contributed by atoms with E-state index in [1.165, 1.54) is 17.3 Å². The van der Waals surface area contributed by atoms with Crippen molar-refractivity contribution < 1.29 is 9.21 Å². The molecule has 1 amide bonds. The van der Waals surface area contributed by atoms with E-state index in [0.29, 0.717) is 11.1 Å². The molecule has 0 spiro atoms. The van der Waals surface area contributed by atoms with E-state index in [4.69, 9.17) is 4.42 Å². The summed E-state index contributed by atoms with van der Waals surface area (Å²) in [5, 5.41) is 11.2. The van der Waals surface area contributed by atoms with Gasteiger partial charge in [-0.3, -0.25) is 4.79 Å². The van der Waals surface area contributed by atoms with Gasteiger partial charge < -0.3 is 9.73 Å². The Balaban J connectivity index is 2.06. The first kappa shape index (κ1) is 19.5. The highest BCUT2D eigenvalue weighted by molar-refractivity contribution is 8.00. The summed E-state index contributed by atoms with van der Waals surface area (Å²) in [6.45, 7) is 14.2. The van der Waals surface area contributed by atoms with Crippen LogP contribution in [0.15, 0.2) is 33.9 Å². The van der Waals surface area contributed by atoms with Gasteiger partial charge in [-0.25, -0.2) is 0 Å². The molecule has 6 heteroatoms. The molecule has 0 fully saturated rings. The summed E-state index contributed by atoms with van der Waals surface area (Å²) < 4.78 is 5.71. The van der Waals surface area contributed by atoms with Gasteiger partial charge in [0, 0.05) is 11.1 Å². The monoisotopic (exact) mass is 361 g/mol. The molecule has 1 atom stereocenters. The van der Waals surface area contributed by atoms with Crippen molar-refractivity contribution in [1.29, 1.82) is 0 Å². The van der Waals surface area contributed by atoms with E-state index < -0.39 is 0 Å². The normalized spacial score (nSPS) is 13.6. The third kappa shape index (κ3) is 5.59. The number of amides is 1. The highest BCUT2D eigenvalue weighted by atomic mass is 32.2. The second-order valence-corrected chi connectivity index (χ2v) is 9.49. The molecule has 0 aliphatic rings. The van der Waals surface area contributed by atoms with Crippen LogP contribution in [0.4, 0.5) is 0 Å². The SMILES string of the molecule is C[C@@H](Sc1nnc(-c2ccc(C(C)(C)C)cc2)o1)C(=O)NC(C)(C)C. The van der Waals surface area contributed by atoms with E-state index in [1.54, 1.807) is 0 Å². The van der Waals surface area contributed by atoms with Crippen LogP contribution in [-0.2, 0) is 10.2 Å². The van der Waals surface area contributed by atoms with Crippen molar-refractivity contribution in [3.05, 3.63) is 29.8 Å². The molecule has 2 rings (SSSR count). The van der Waals surface area contributed by atoms with Gasteiger partial charge in [-0.2, -0.15) is 0 Å². The summed E-state index contributed by atoms with van der Waals surface area (Å²) in [6, 6.07) is 8.12. The Morgan fingerprint density at radius 1 is 1.08 bits per heavy atom. The van der Waals surface area contributed by atoms with Gasteiger partial charge >= 0.3 is 0 Å². The van der Waals surface area contributed by atoms with Crippen molar-refractivity contribution in [2.24, 2.45) is 0 Å². The van der Waals surface area contributed by atoms with Gasteiger partial charge in [0.05, 0.1) is 5.25 Å². The molecule has 1 aromatic carbocycles. The molecule has 25 heavy (non-hydrogen) atoms. The standard InChI is InChI=1S/C19H27N3O2S/c1-12(15(23)20-19(5,6)7)25-17-22-21-16(24-17)13-8-10-14(11-9-13)18(2,3)4/h8-12H,1-7H3,(H,20,23)/t12-/m1/s1.